The first-order valence-corrected chi connectivity index (χ1v) is 5.10. The van der Waals surface area contributed by atoms with Crippen LogP contribution in [-0.2, 0) is 6.42 Å². The zero-order valence-corrected chi connectivity index (χ0v) is 8.73. The average Bonchev–Trinajstić information content (AvgIpc) is 2.24. The van der Waals surface area contributed by atoms with Crippen LogP contribution in [0.3, 0.4) is 0 Å². The van der Waals surface area contributed by atoms with Gasteiger partial charge in [-0.1, -0.05) is 12.1 Å². The van der Waals surface area contributed by atoms with E-state index in [1.165, 1.54) is 5.56 Å². The molecular formula is C12H16FN. The second-order valence-corrected chi connectivity index (χ2v) is 4.37. The van der Waals surface area contributed by atoms with Crippen molar-refractivity contribution in [1.29, 1.82) is 0 Å². The summed E-state index contributed by atoms with van der Waals surface area (Å²) in [7, 11) is 0. The standard InChI is InChI=1S/C12H16FN/c1-9-4-3-5-11-10(9)8-12(2,13)6-7-14-11/h3-5,14H,6-8H2,1-2H3. The van der Waals surface area contributed by atoms with E-state index >= 15 is 0 Å². The molecule has 2 rings (SSSR count). The molecule has 0 saturated carbocycles. The molecule has 1 N–H and O–H groups in total. The van der Waals surface area contributed by atoms with Gasteiger partial charge in [-0.3, -0.25) is 0 Å². The highest BCUT2D eigenvalue weighted by Gasteiger charge is 2.27. The molecule has 0 aromatic heterocycles. The summed E-state index contributed by atoms with van der Waals surface area (Å²) in [6.07, 6.45) is 1.11. The Labute approximate surface area is 84.3 Å². The third kappa shape index (κ3) is 1.74. The van der Waals surface area contributed by atoms with E-state index in [1.54, 1.807) is 6.92 Å². The number of alkyl halides is 1. The topological polar surface area (TPSA) is 12.0 Å². The van der Waals surface area contributed by atoms with Crippen molar-refractivity contribution in [3.8, 4) is 0 Å². The summed E-state index contributed by atoms with van der Waals surface area (Å²) in [6.45, 7) is 4.46. The summed E-state index contributed by atoms with van der Waals surface area (Å²) in [4.78, 5) is 0. The Kier molecular flexibility index (Phi) is 2.22. The third-order valence-electron chi connectivity index (χ3n) is 2.92. The normalized spacial score (nSPS) is 26.2. The molecule has 76 valence electrons. The Bertz CT molecular complexity index is 344. The van der Waals surface area contributed by atoms with Crippen molar-refractivity contribution >= 4 is 5.69 Å². The molecule has 2 heteroatoms. The van der Waals surface area contributed by atoms with E-state index in [1.807, 2.05) is 25.1 Å². The fourth-order valence-corrected chi connectivity index (χ4v) is 2.02. The van der Waals surface area contributed by atoms with Crippen molar-refractivity contribution in [3.63, 3.8) is 0 Å². The van der Waals surface area contributed by atoms with Gasteiger partial charge in [-0.2, -0.15) is 0 Å². The zero-order valence-electron chi connectivity index (χ0n) is 8.73. The second-order valence-electron chi connectivity index (χ2n) is 4.37. The number of benzene rings is 1. The average molecular weight is 193 g/mol. The molecule has 0 saturated heterocycles. The fourth-order valence-electron chi connectivity index (χ4n) is 2.02. The lowest BCUT2D eigenvalue weighted by Crippen LogP contribution is -2.22. The Morgan fingerprint density at radius 2 is 2.21 bits per heavy atom. The van der Waals surface area contributed by atoms with Gasteiger partial charge in [-0.15, -0.1) is 0 Å². The molecule has 1 nitrogen and oxygen atoms in total. The molecule has 1 aromatic carbocycles. The maximum absolute atomic E-state index is 13.9. The van der Waals surface area contributed by atoms with E-state index in [9.17, 15) is 4.39 Å². The minimum atomic E-state index is -1.07. The van der Waals surface area contributed by atoms with Crippen molar-refractivity contribution in [2.75, 3.05) is 11.9 Å². The monoisotopic (exact) mass is 193 g/mol. The summed E-state index contributed by atoms with van der Waals surface area (Å²) < 4.78 is 13.9. The van der Waals surface area contributed by atoms with E-state index in [0.29, 0.717) is 12.8 Å². The van der Waals surface area contributed by atoms with Crippen molar-refractivity contribution in [2.24, 2.45) is 0 Å². The van der Waals surface area contributed by atoms with Gasteiger partial charge < -0.3 is 5.32 Å². The van der Waals surface area contributed by atoms with Crippen LogP contribution in [0.1, 0.15) is 24.5 Å². The van der Waals surface area contributed by atoms with Gasteiger partial charge in [0.25, 0.3) is 0 Å². The van der Waals surface area contributed by atoms with Crippen LogP contribution in [0.15, 0.2) is 18.2 Å². The number of hydrogen-bond acceptors (Lipinski definition) is 1. The van der Waals surface area contributed by atoms with Gasteiger partial charge >= 0.3 is 0 Å². The van der Waals surface area contributed by atoms with E-state index in [2.05, 4.69) is 5.32 Å². The van der Waals surface area contributed by atoms with Crippen LogP contribution in [0.5, 0.6) is 0 Å². The number of nitrogens with one attached hydrogen (secondary N) is 1. The van der Waals surface area contributed by atoms with Gasteiger partial charge in [-0.05, 0) is 37.5 Å². The summed E-state index contributed by atoms with van der Waals surface area (Å²) >= 11 is 0. The molecule has 1 atom stereocenters. The van der Waals surface area contributed by atoms with Crippen LogP contribution < -0.4 is 5.32 Å². The van der Waals surface area contributed by atoms with E-state index < -0.39 is 5.67 Å². The lowest BCUT2D eigenvalue weighted by atomic mass is 9.93. The number of aryl methyl sites for hydroxylation is 1. The molecule has 1 aliphatic heterocycles. The number of rotatable bonds is 0. The number of fused-ring (bicyclic) bond motifs is 1. The molecule has 0 bridgehead atoms. The smallest absolute Gasteiger partial charge is 0.114 e. The van der Waals surface area contributed by atoms with E-state index in [4.69, 9.17) is 0 Å². The number of hydrogen-bond donors (Lipinski definition) is 1. The third-order valence-corrected chi connectivity index (χ3v) is 2.92. The Morgan fingerprint density at radius 1 is 1.43 bits per heavy atom. The van der Waals surface area contributed by atoms with Crippen molar-refractivity contribution in [1.82, 2.24) is 0 Å². The quantitative estimate of drug-likeness (QED) is 0.667. The first-order chi connectivity index (χ1) is 6.58. The molecule has 1 aromatic rings. The molecule has 0 aliphatic carbocycles. The zero-order chi connectivity index (χ0) is 10.2. The molecular weight excluding hydrogens is 177 g/mol. The molecule has 14 heavy (non-hydrogen) atoms. The van der Waals surface area contributed by atoms with Crippen molar-refractivity contribution in [2.45, 2.75) is 32.4 Å². The van der Waals surface area contributed by atoms with Gasteiger partial charge in [0.1, 0.15) is 5.67 Å². The summed E-state index contributed by atoms with van der Waals surface area (Å²) in [5, 5.41) is 3.28. The molecule has 0 fully saturated rings. The maximum Gasteiger partial charge on any atom is 0.114 e. The Morgan fingerprint density at radius 3 is 3.00 bits per heavy atom. The van der Waals surface area contributed by atoms with Gasteiger partial charge in [0.05, 0.1) is 0 Å². The first kappa shape index (κ1) is 9.50. The molecule has 0 radical (unpaired) electrons. The van der Waals surface area contributed by atoms with Crippen molar-refractivity contribution < 1.29 is 4.39 Å². The maximum atomic E-state index is 13.9. The predicted octanol–water partition coefficient (Wildman–Crippen LogP) is 3.08. The fraction of sp³-hybridized carbons (Fsp3) is 0.500. The number of anilines is 1. The lowest BCUT2D eigenvalue weighted by Gasteiger charge is -2.18. The molecule has 1 heterocycles. The SMILES string of the molecule is Cc1cccc2c1CC(C)(F)CCN2. The highest BCUT2D eigenvalue weighted by Crippen LogP contribution is 2.31. The van der Waals surface area contributed by atoms with Crippen LogP contribution in [0.25, 0.3) is 0 Å². The lowest BCUT2D eigenvalue weighted by molar-refractivity contribution is 0.183. The van der Waals surface area contributed by atoms with Crippen LogP contribution in [-0.4, -0.2) is 12.2 Å². The highest BCUT2D eigenvalue weighted by atomic mass is 19.1. The highest BCUT2D eigenvalue weighted by molar-refractivity contribution is 5.55. The second kappa shape index (κ2) is 3.26. The van der Waals surface area contributed by atoms with Gasteiger partial charge in [0.2, 0.25) is 0 Å². The largest absolute Gasteiger partial charge is 0.385 e. The van der Waals surface area contributed by atoms with Crippen molar-refractivity contribution in [3.05, 3.63) is 29.3 Å². The summed E-state index contributed by atoms with van der Waals surface area (Å²) in [5.41, 5.74) is 2.35. The summed E-state index contributed by atoms with van der Waals surface area (Å²) in [6, 6.07) is 6.09. The minimum absolute atomic E-state index is 0.530. The van der Waals surface area contributed by atoms with Gasteiger partial charge in [0.15, 0.2) is 0 Å². The van der Waals surface area contributed by atoms with Gasteiger partial charge in [0, 0.05) is 18.7 Å². The first-order valence-electron chi connectivity index (χ1n) is 5.10. The Hall–Kier alpha value is -1.05. The summed E-state index contributed by atoms with van der Waals surface area (Å²) in [5.74, 6) is 0. The van der Waals surface area contributed by atoms with Gasteiger partial charge in [-0.25, -0.2) is 4.39 Å². The number of halogens is 1. The Balaban J connectivity index is 2.43. The van der Waals surface area contributed by atoms with E-state index in [0.717, 1.165) is 17.8 Å². The van der Waals surface area contributed by atoms with E-state index in [-0.39, 0.29) is 0 Å². The molecule has 1 unspecified atom stereocenters. The predicted molar refractivity (Wildman–Crippen MR) is 57.5 cm³/mol. The molecule has 1 aliphatic rings. The van der Waals surface area contributed by atoms with Crippen LogP contribution in [0.4, 0.5) is 10.1 Å². The van der Waals surface area contributed by atoms with Crippen LogP contribution >= 0.6 is 0 Å². The minimum Gasteiger partial charge on any atom is -0.385 e. The molecule has 0 amide bonds. The van der Waals surface area contributed by atoms with Crippen LogP contribution in [0, 0.1) is 6.92 Å². The van der Waals surface area contributed by atoms with Crippen LogP contribution in [0.2, 0.25) is 0 Å². The molecule has 0 spiro atoms.